The Kier molecular flexibility index (Phi) is 9.04. The summed E-state index contributed by atoms with van der Waals surface area (Å²) in [6.45, 7) is 6.55. The second-order valence-corrected chi connectivity index (χ2v) is 11.4. The molecule has 0 atom stereocenters. The van der Waals surface area contributed by atoms with Crippen LogP contribution in [0.25, 0.3) is 10.9 Å². The predicted molar refractivity (Wildman–Crippen MR) is 160 cm³/mol. The number of hydrogen-bond acceptors (Lipinski definition) is 3. The number of furan rings is 1. The standard InChI is InChI=1S/C34H41N3O3/c1-26(2)23-33(38)37-21-12-6-4-3-5-11-20-36(24-28-14-8-10-16-31(28)37)34(39)32-18-17-29(40-32)25-35-22-19-27-13-7-9-15-30(27)35/h7-10,13-19,22,26H,3-6,11-12,20-21,23-25H2,1-2H3. The van der Waals surface area contributed by atoms with Crippen LogP contribution < -0.4 is 4.90 Å². The molecule has 0 spiro atoms. The number of anilines is 1. The van der Waals surface area contributed by atoms with Crippen molar-refractivity contribution in [2.75, 3.05) is 18.0 Å². The first-order chi connectivity index (χ1) is 19.5. The van der Waals surface area contributed by atoms with Crippen LogP contribution in [0.15, 0.2) is 77.3 Å². The first-order valence-corrected chi connectivity index (χ1v) is 14.8. The molecule has 0 N–H and O–H groups in total. The number of amides is 2. The highest BCUT2D eigenvalue weighted by atomic mass is 16.4. The zero-order chi connectivity index (χ0) is 27.9. The first-order valence-electron chi connectivity index (χ1n) is 14.8. The summed E-state index contributed by atoms with van der Waals surface area (Å²) in [5, 5.41) is 1.18. The third-order valence-corrected chi connectivity index (χ3v) is 7.75. The van der Waals surface area contributed by atoms with E-state index in [1.54, 1.807) is 6.07 Å². The van der Waals surface area contributed by atoms with Crippen molar-refractivity contribution in [2.24, 2.45) is 5.92 Å². The average Bonchev–Trinajstić information content (AvgIpc) is 3.59. The van der Waals surface area contributed by atoms with Crippen LogP contribution in [0.2, 0.25) is 0 Å². The number of fused-ring (bicyclic) bond motifs is 2. The first kappa shape index (κ1) is 27.8. The van der Waals surface area contributed by atoms with Crippen LogP contribution in [0.3, 0.4) is 0 Å². The topological polar surface area (TPSA) is 58.7 Å². The third kappa shape index (κ3) is 6.67. The van der Waals surface area contributed by atoms with Crippen LogP contribution in [0.4, 0.5) is 5.69 Å². The molecule has 0 bridgehead atoms. The van der Waals surface area contributed by atoms with E-state index in [1.807, 2.05) is 46.2 Å². The van der Waals surface area contributed by atoms with Gasteiger partial charge in [-0.1, -0.05) is 75.9 Å². The highest BCUT2D eigenvalue weighted by Crippen LogP contribution is 2.27. The molecule has 4 aromatic rings. The van der Waals surface area contributed by atoms with Gasteiger partial charge in [0.15, 0.2) is 5.76 Å². The third-order valence-electron chi connectivity index (χ3n) is 7.75. The lowest BCUT2D eigenvalue weighted by atomic mass is 10.1. The summed E-state index contributed by atoms with van der Waals surface area (Å²) in [5.41, 5.74) is 3.06. The molecule has 0 unspecified atom stereocenters. The van der Waals surface area contributed by atoms with Crippen LogP contribution >= 0.6 is 0 Å². The molecule has 0 aliphatic carbocycles. The normalized spacial score (nSPS) is 15.4. The largest absolute Gasteiger partial charge is 0.454 e. The van der Waals surface area contributed by atoms with E-state index >= 15 is 0 Å². The second-order valence-electron chi connectivity index (χ2n) is 11.4. The van der Waals surface area contributed by atoms with Gasteiger partial charge in [0, 0.05) is 43.5 Å². The number of hydrogen-bond donors (Lipinski definition) is 0. The van der Waals surface area contributed by atoms with E-state index in [0.29, 0.717) is 44.3 Å². The molecule has 6 heteroatoms. The molecular formula is C34H41N3O3. The van der Waals surface area contributed by atoms with Crippen molar-refractivity contribution in [3.05, 3.63) is 90.0 Å². The van der Waals surface area contributed by atoms with Gasteiger partial charge < -0.3 is 18.8 Å². The van der Waals surface area contributed by atoms with Gasteiger partial charge in [-0.3, -0.25) is 9.59 Å². The van der Waals surface area contributed by atoms with Crippen LogP contribution in [0.1, 0.15) is 80.7 Å². The van der Waals surface area contributed by atoms with Crippen molar-refractivity contribution < 1.29 is 14.0 Å². The number of carbonyl (C=O) groups is 2. The van der Waals surface area contributed by atoms with Gasteiger partial charge >= 0.3 is 0 Å². The van der Waals surface area contributed by atoms with Gasteiger partial charge in [0.2, 0.25) is 5.91 Å². The molecule has 0 saturated heterocycles. The van der Waals surface area contributed by atoms with Gasteiger partial charge in [-0.15, -0.1) is 0 Å². The summed E-state index contributed by atoms with van der Waals surface area (Å²) in [7, 11) is 0. The quantitative estimate of drug-likeness (QED) is 0.262. The lowest BCUT2D eigenvalue weighted by molar-refractivity contribution is -0.119. The molecule has 3 heterocycles. The Balaban J connectivity index is 1.39. The van der Waals surface area contributed by atoms with E-state index in [4.69, 9.17) is 4.42 Å². The molecule has 2 aromatic heterocycles. The van der Waals surface area contributed by atoms with Gasteiger partial charge in [0.1, 0.15) is 5.76 Å². The molecule has 210 valence electrons. The minimum atomic E-state index is -0.103. The summed E-state index contributed by atoms with van der Waals surface area (Å²) in [4.78, 5) is 31.0. The van der Waals surface area contributed by atoms with E-state index in [-0.39, 0.29) is 11.8 Å². The summed E-state index contributed by atoms with van der Waals surface area (Å²) >= 11 is 0. The fourth-order valence-electron chi connectivity index (χ4n) is 5.66. The molecular weight excluding hydrogens is 498 g/mol. The number of rotatable bonds is 5. The smallest absolute Gasteiger partial charge is 0.289 e. The number of aromatic nitrogens is 1. The predicted octanol–water partition coefficient (Wildman–Crippen LogP) is 7.66. The molecule has 1 aliphatic heterocycles. The zero-order valence-corrected chi connectivity index (χ0v) is 23.9. The van der Waals surface area contributed by atoms with Gasteiger partial charge in [0.05, 0.1) is 6.54 Å². The maximum absolute atomic E-state index is 13.8. The van der Waals surface area contributed by atoms with Crippen molar-refractivity contribution in [3.8, 4) is 0 Å². The fourth-order valence-corrected chi connectivity index (χ4v) is 5.66. The van der Waals surface area contributed by atoms with Crippen LogP contribution in [0.5, 0.6) is 0 Å². The average molecular weight is 540 g/mol. The molecule has 2 amide bonds. The van der Waals surface area contributed by atoms with Gasteiger partial charge in [0.25, 0.3) is 5.91 Å². The maximum Gasteiger partial charge on any atom is 0.289 e. The van der Waals surface area contributed by atoms with Crippen molar-refractivity contribution in [2.45, 2.75) is 71.9 Å². The van der Waals surface area contributed by atoms with Crippen molar-refractivity contribution in [3.63, 3.8) is 0 Å². The summed E-state index contributed by atoms with van der Waals surface area (Å²) < 4.78 is 8.27. The summed E-state index contributed by atoms with van der Waals surface area (Å²) in [5.74, 6) is 1.46. The van der Waals surface area contributed by atoms with Gasteiger partial charge in [-0.05, 0) is 60.0 Å². The molecule has 2 aromatic carbocycles. The Morgan fingerprint density at radius 1 is 0.825 bits per heavy atom. The van der Waals surface area contributed by atoms with E-state index in [2.05, 4.69) is 48.9 Å². The van der Waals surface area contributed by atoms with Crippen molar-refractivity contribution >= 4 is 28.4 Å². The Hall–Kier alpha value is -3.80. The van der Waals surface area contributed by atoms with E-state index in [9.17, 15) is 9.59 Å². The minimum absolute atomic E-state index is 0.103. The van der Waals surface area contributed by atoms with Gasteiger partial charge in [-0.25, -0.2) is 0 Å². The summed E-state index contributed by atoms with van der Waals surface area (Å²) in [6.07, 6.45) is 9.01. The van der Waals surface area contributed by atoms with Crippen molar-refractivity contribution in [1.29, 1.82) is 0 Å². The molecule has 1 aliphatic rings. The van der Waals surface area contributed by atoms with Crippen LogP contribution in [-0.2, 0) is 17.9 Å². The van der Waals surface area contributed by atoms with E-state index < -0.39 is 0 Å². The van der Waals surface area contributed by atoms with E-state index in [1.165, 1.54) is 5.39 Å². The minimum Gasteiger partial charge on any atom is -0.454 e. The highest BCUT2D eigenvalue weighted by molar-refractivity contribution is 5.95. The van der Waals surface area contributed by atoms with Gasteiger partial charge in [-0.2, -0.15) is 0 Å². The molecule has 0 radical (unpaired) electrons. The fraction of sp³-hybridized carbons (Fsp3) is 0.412. The number of carbonyl (C=O) groups excluding carboxylic acids is 2. The zero-order valence-electron chi connectivity index (χ0n) is 23.9. The molecule has 0 saturated carbocycles. The Labute approximate surface area is 237 Å². The Morgan fingerprint density at radius 3 is 2.38 bits per heavy atom. The number of benzene rings is 2. The number of para-hydroxylation sites is 2. The van der Waals surface area contributed by atoms with Crippen LogP contribution in [0, 0.1) is 5.92 Å². The lowest BCUT2D eigenvalue weighted by Gasteiger charge is -2.28. The maximum atomic E-state index is 13.8. The SMILES string of the molecule is CC(C)CC(=O)N1CCCCCCCCN(C(=O)c2ccc(Cn3ccc4ccccc43)o2)Cc2ccccc21. The molecule has 6 nitrogen and oxygen atoms in total. The van der Waals surface area contributed by atoms with Crippen LogP contribution in [-0.4, -0.2) is 34.4 Å². The lowest BCUT2D eigenvalue weighted by Crippen LogP contribution is -2.35. The Bertz CT molecular complexity index is 1430. The van der Waals surface area contributed by atoms with E-state index in [0.717, 1.165) is 61.1 Å². The molecule has 0 fully saturated rings. The molecule has 5 rings (SSSR count). The second kappa shape index (κ2) is 13.0. The Morgan fingerprint density at radius 2 is 1.55 bits per heavy atom. The van der Waals surface area contributed by atoms with Crippen molar-refractivity contribution in [1.82, 2.24) is 9.47 Å². The summed E-state index contributed by atoms with van der Waals surface area (Å²) in [6, 6.07) is 22.1. The highest BCUT2D eigenvalue weighted by Gasteiger charge is 2.24. The number of nitrogens with zero attached hydrogens (tertiary/aromatic N) is 3. The monoisotopic (exact) mass is 539 g/mol. The molecule has 40 heavy (non-hydrogen) atoms.